The minimum Gasteiger partial charge on any atom is -0.377 e. The Kier molecular flexibility index (Phi) is 7.69. The van der Waals surface area contributed by atoms with Gasteiger partial charge in [0, 0.05) is 39.1 Å². The summed E-state index contributed by atoms with van der Waals surface area (Å²) in [6, 6.07) is 0. The first kappa shape index (κ1) is 21.4. The highest BCUT2D eigenvalue weighted by Crippen LogP contribution is 2.33. The molecule has 0 aromatic carbocycles. The molecule has 0 aliphatic carbocycles. The number of halogens is 1. The molecule has 2 unspecified atom stereocenters. The van der Waals surface area contributed by atoms with Gasteiger partial charge in [-0.1, -0.05) is 20.8 Å². The van der Waals surface area contributed by atoms with Gasteiger partial charge in [0.2, 0.25) is 0 Å². The van der Waals surface area contributed by atoms with E-state index in [9.17, 15) is 0 Å². The molecular weight excluding hydrogens is 443 g/mol. The van der Waals surface area contributed by atoms with Crippen LogP contribution in [0, 0.1) is 11.3 Å². The average Bonchev–Trinajstić information content (AvgIpc) is 3.19. The van der Waals surface area contributed by atoms with Gasteiger partial charge in [0.25, 0.3) is 0 Å². The lowest BCUT2D eigenvalue weighted by Gasteiger charge is -2.40. The standard InChI is InChI=1S/C18H32N6O.HI/c1-18(2,3)16-13(7-6-10-25-16)11-20-17(19-4)21-12-15-23-22-14-8-5-9-24(14)15;/h13,16H,5-12H2,1-4H3,(H2,19,20,21);1H. The Bertz CT molecular complexity index is 609. The first-order valence-electron chi connectivity index (χ1n) is 9.46. The Morgan fingerprint density at radius 1 is 1.27 bits per heavy atom. The maximum absolute atomic E-state index is 6.07. The maximum Gasteiger partial charge on any atom is 0.191 e. The van der Waals surface area contributed by atoms with E-state index in [2.05, 4.69) is 51.2 Å². The third-order valence-electron chi connectivity index (χ3n) is 5.15. The summed E-state index contributed by atoms with van der Waals surface area (Å²) in [6.07, 6.45) is 4.82. The van der Waals surface area contributed by atoms with E-state index in [4.69, 9.17) is 4.74 Å². The van der Waals surface area contributed by atoms with E-state index in [1.807, 2.05) is 7.05 Å². The molecule has 1 fully saturated rings. The van der Waals surface area contributed by atoms with Crippen molar-refractivity contribution in [2.24, 2.45) is 16.3 Å². The Morgan fingerprint density at radius 3 is 2.81 bits per heavy atom. The van der Waals surface area contributed by atoms with Crippen LogP contribution in [-0.4, -0.2) is 47.0 Å². The number of aromatic nitrogens is 3. The predicted molar refractivity (Wildman–Crippen MR) is 114 cm³/mol. The Balaban J connectivity index is 0.00000243. The summed E-state index contributed by atoms with van der Waals surface area (Å²) in [4.78, 5) is 4.35. The van der Waals surface area contributed by atoms with Crippen molar-refractivity contribution < 1.29 is 4.74 Å². The summed E-state index contributed by atoms with van der Waals surface area (Å²) in [5.41, 5.74) is 0.159. The molecule has 26 heavy (non-hydrogen) atoms. The zero-order valence-electron chi connectivity index (χ0n) is 16.4. The summed E-state index contributed by atoms with van der Waals surface area (Å²) >= 11 is 0. The van der Waals surface area contributed by atoms with Crippen LogP contribution in [0.1, 0.15) is 51.7 Å². The Hall–Kier alpha value is -0.900. The lowest BCUT2D eigenvalue weighted by atomic mass is 9.78. The highest BCUT2D eigenvalue weighted by Gasteiger charge is 2.35. The summed E-state index contributed by atoms with van der Waals surface area (Å²) in [5.74, 6) is 3.41. The molecule has 2 atom stereocenters. The highest BCUT2D eigenvalue weighted by molar-refractivity contribution is 14.0. The molecule has 148 valence electrons. The maximum atomic E-state index is 6.07. The predicted octanol–water partition coefficient (Wildman–Crippen LogP) is 2.35. The largest absolute Gasteiger partial charge is 0.377 e. The topological polar surface area (TPSA) is 76.4 Å². The van der Waals surface area contributed by atoms with Crippen molar-refractivity contribution in [1.29, 1.82) is 0 Å². The van der Waals surface area contributed by atoms with Crippen molar-refractivity contribution in [3.05, 3.63) is 11.6 Å². The number of fused-ring (bicyclic) bond motifs is 1. The summed E-state index contributed by atoms with van der Waals surface area (Å²) < 4.78 is 8.28. The fourth-order valence-electron chi connectivity index (χ4n) is 3.96. The van der Waals surface area contributed by atoms with Gasteiger partial charge in [0.1, 0.15) is 5.82 Å². The number of nitrogens with zero attached hydrogens (tertiary/aromatic N) is 4. The average molecular weight is 476 g/mol. The minimum atomic E-state index is 0. The van der Waals surface area contributed by atoms with Crippen molar-refractivity contribution in [1.82, 2.24) is 25.4 Å². The van der Waals surface area contributed by atoms with E-state index in [0.717, 1.165) is 50.1 Å². The fourth-order valence-corrected chi connectivity index (χ4v) is 3.96. The number of aliphatic imine (C=N–C) groups is 1. The van der Waals surface area contributed by atoms with Gasteiger partial charge in [-0.05, 0) is 24.7 Å². The second kappa shape index (κ2) is 9.34. The third-order valence-corrected chi connectivity index (χ3v) is 5.15. The van der Waals surface area contributed by atoms with Gasteiger partial charge in [-0.2, -0.15) is 0 Å². The van der Waals surface area contributed by atoms with Crippen molar-refractivity contribution in [2.75, 3.05) is 20.2 Å². The zero-order valence-corrected chi connectivity index (χ0v) is 18.7. The smallest absolute Gasteiger partial charge is 0.191 e. The van der Waals surface area contributed by atoms with Gasteiger partial charge in [-0.15, -0.1) is 34.2 Å². The first-order valence-corrected chi connectivity index (χ1v) is 9.46. The summed E-state index contributed by atoms with van der Waals surface area (Å²) in [5, 5.41) is 15.4. The molecule has 0 radical (unpaired) electrons. The molecule has 2 aliphatic heterocycles. The third kappa shape index (κ3) is 5.09. The van der Waals surface area contributed by atoms with Gasteiger partial charge < -0.3 is 19.9 Å². The van der Waals surface area contributed by atoms with Crippen molar-refractivity contribution >= 4 is 29.9 Å². The fraction of sp³-hybridized carbons (Fsp3) is 0.833. The van der Waals surface area contributed by atoms with E-state index >= 15 is 0 Å². The monoisotopic (exact) mass is 476 g/mol. The van der Waals surface area contributed by atoms with Crippen LogP contribution < -0.4 is 10.6 Å². The molecular formula is C18H33IN6O. The molecule has 0 spiro atoms. The van der Waals surface area contributed by atoms with E-state index < -0.39 is 0 Å². The van der Waals surface area contributed by atoms with Crippen LogP contribution in [-0.2, 0) is 24.2 Å². The van der Waals surface area contributed by atoms with Crippen molar-refractivity contribution in [2.45, 2.75) is 65.6 Å². The second-order valence-corrected chi connectivity index (χ2v) is 8.15. The molecule has 3 heterocycles. The van der Waals surface area contributed by atoms with Gasteiger partial charge in [-0.25, -0.2) is 0 Å². The molecule has 1 saturated heterocycles. The number of nitrogens with one attached hydrogen (secondary N) is 2. The number of guanidine groups is 1. The number of hydrogen-bond acceptors (Lipinski definition) is 4. The second-order valence-electron chi connectivity index (χ2n) is 8.15. The highest BCUT2D eigenvalue weighted by atomic mass is 127. The lowest BCUT2D eigenvalue weighted by molar-refractivity contribution is -0.0835. The van der Waals surface area contributed by atoms with Gasteiger partial charge in [0.05, 0.1) is 12.6 Å². The quantitative estimate of drug-likeness (QED) is 0.397. The van der Waals surface area contributed by atoms with Crippen LogP contribution in [0.4, 0.5) is 0 Å². The Labute approximate surface area is 173 Å². The molecule has 3 rings (SSSR count). The van der Waals surface area contributed by atoms with Crippen LogP contribution in [0.2, 0.25) is 0 Å². The number of ether oxygens (including phenoxy) is 1. The van der Waals surface area contributed by atoms with Crippen molar-refractivity contribution in [3.63, 3.8) is 0 Å². The van der Waals surface area contributed by atoms with E-state index in [1.54, 1.807) is 0 Å². The number of hydrogen-bond donors (Lipinski definition) is 2. The zero-order chi connectivity index (χ0) is 17.9. The number of rotatable bonds is 4. The van der Waals surface area contributed by atoms with E-state index in [0.29, 0.717) is 12.5 Å². The van der Waals surface area contributed by atoms with E-state index in [1.165, 1.54) is 12.8 Å². The van der Waals surface area contributed by atoms with Gasteiger partial charge in [0.15, 0.2) is 11.8 Å². The summed E-state index contributed by atoms with van der Waals surface area (Å²) in [7, 11) is 1.81. The lowest BCUT2D eigenvalue weighted by Crippen LogP contribution is -2.47. The van der Waals surface area contributed by atoms with E-state index in [-0.39, 0.29) is 35.5 Å². The summed E-state index contributed by atoms with van der Waals surface area (Å²) in [6.45, 7) is 10.2. The molecule has 1 aromatic rings. The molecule has 2 aliphatic rings. The minimum absolute atomic E-state index is 0. The molecule has 0 amide bonds. The molecule has 7 nitrogen and oxygen atoms in total. The van der Waals surface area contributed by atoms with Crippen LogP contribution >= 0.6 is 24.0 Å². The van der Waals surface area contributed by atoms with Crippen LogP contribution in [0.25, 0.3) is 0 Å². The molecule has 1 aromatic heterocycles. The molecule has 2 N–H and O–H groups in total. The number of aryl methyl sites for hydroxylation is 1. The van der Waals surface area contributed by atoms with Crippen LogP contribution in [0.15, 0.2) is 4.99 Å². The van der Waals surface area contributed by atoms with Crippen LogP contribution in [0.3, 0.4) is 0 Å². The molecule has 8 heteroatoms. The first-order chi connectivity index (χ1) is 12.0. The van der Waals surface area contributed by atoms with Gasteiger partial charge in [-0.3, -0.25) is 4.99 Å². The SMILES string of the molecule is CN=C(NCc1nnc2n1CCC2)NCC1CCCOC1C(C)(C)C.I. The van der Waals surface area contributed by atoms with Gasteiger partial charge >= 0.3 is 0 Å². The molecule has 0 bridgehead atoms. The normalized spacial score (nSPS) is 23.3. The van der Waals surface area contributed by atoms with Crippen LogP contribution in [0.5, 0.6) is 0 Å². The Morgan fingerprint density at radius 2 is 2.08 bits per heavy atom. The van der Waals surface area contributed by atoms with Crippen molar-refractivity contribution in [3.8, 4) is 0 Å². The molecule has 0 saturated carbocycles.